The molecule has 0 heterocycles. The van der Waals surface area contributed by atoms with Gasteiger partial charge < -0.3 is 10.1 Å². The molecule has 0 aliphatic carbocycles. The average Bonchev–Trinajstić information content (AvgIpc) is 2.50. The Morgan fingerprint density at radius 1 is 1.14 bits per heavy atom. The largest absolute Gasteiger partial charge is 0.494 e. The quantitative estimate of drug-likeness (QED) is 0.598. The molecule has 0 fully saturated rings. The SMILES string of the molecule is CCCOc1cccc(CNc2ccc(Br)c(Cl)c2Cl)c1. The molecule has 2 aromatic rings. The number of anilines is 1. The molecular formula is C16H16BrCl2NO. The summed E-state index contributed by atoms with van der Waals surface area (Å²) in [5.41, 5.74) is 1.93. The van der Waals surface area contributed by atoms with Gasteiger partial charge in [-0.25, -0.2) is 0 Å². The lowest BCUT2D eigenvalue weighted by Gasteiger charge is -2.11. The summed E-state index contributed by atoms with van der Waals surface area (Å²) in [6.45, 7) is 3.47. The molecule has 0 bridgehead atoms. The number of rotatable bonds is 6. The maximum atomic E-state index is 6.22. The first-order valence-corrected chi connectivity index (χ1v) is 8.25. The van der Waals surface area contributed by atoms with E-state index in [1.165, 1.54) is 0 Å². The van der Waals surface area contributed by atoms with Gasteiger partial charge in [0.1, 0.15) is 5.75 Å². The number of hydrogen-bond acceptors (Lipinski definition) is 2. The van der Waals surface area contributed by atoms with Gasteiger partial charge in [0.15, 0.2) is 0 Å². The van der Waals surface area contributed by atoms with Crippen LogP contribution in [0.15, 0.2) is 40.9 Å². The van der Waals surface area contributed by atoms with E-state index in [2.05, 4.69) is 28.2 Å². The highest BCUT2D eigenvalue weighted by Crippen LogP contribution is 2.36. The van der Waals surface area contributed by atoms with E-state index in [9.17, 15) is 0 Å². The van der Waals surface area contributed by atoms with Crippen LogP contribution in [0.25, 0.3) is 0 Å². The lowest BCUT2D eigenvalue weighted by Crippen LogP contribution is -2.01. The van der Waals surface area contributed by atoms with Crippen molar-refractivity contribution in [1.82, 2.24) is 0 Å². The topological polar surface area (TPSA) is 21.3 Å². The number of nitrogens with one attached hydrogen (secondary N) is 1. The van der Waals surface area contributed by atoms with E-state index in [0.29, 0.717) is 16.6 Å². The Morgan fingerprint density at radius 2 is 1.95 bits per heavy atom. The Balaban J connectivity index is 2.04. The van der Waals surface area contributed by atoms with Crippen molar-refractivity contribution < 1.29 is 4.74 Å². The molecule has 2 aromatic carbocycles. The summed E-state index contributed by atoms with van der Waals surface area (Å²) in [7, 11) is 0. The van der Waals surface area contributed by atoms with Gasteiger partial charge in [-0.15, -0.1) is 0 Å². The molecule has 0 saturated carbocycles. The Hall–Kier alpha value is -0.900. The van der Waals surface area contributed by atoms with Crippen molar-refractivity contribution in [2.45, 2.75) is 19.9 Å². The van der Waals surface area contributed by atoms with Crippen LogP contribution in [0, 0.1) is 0 Å². The fourth-order valence-corrected chi connectivity index (χ4v) is 2.67. The van der Waals surface area contributed by atoms with Crippen molar-refractivity contribution >= 4 is 44.8 Å². The van der Waals surface area contributed by atoms with Gasteiger partial charge in [-0.3, -0.25) is 0 Å². The van der Waals surface area contributed by atoms with E-state index in [4.69, 9.17) is 27.9 Å². The maximum absolute atomic E-state index is 6.22. The normalized spacial score (nSPS) is 10.5. The second-order valence-corrected chi connectivity index (χ2v) is 6.18. The zero-order valence-electron chi connectivity index (χ0n) is 11.6. The van der Waals surface area contributed by atoms with Crippen molar-refractivity contribution in [2.24, 2.45) is 0 Å². The van der Waals surface area contributed by atoms with E-state index < -0.39 is 0 Å². The lowest BCUT2D eigenvalue weighted by molar-refractivity contribution is 0.317. The van der Waals surface area contributed by atoms with Crippen LogP contribution in [0.1, 0.15) is 18.9 Å². The summed E-state index contributed by atoms with van der Waals surface area (Å²) in [6.07, 6.45) is 0.996. The Morgan fingerprint density at radius 3 is 2.71 bits per heavy atom. The van der Waals surface area contributed by atoms with Crippen molar-refractivity contribution in [3.05, 3.63) is 56.5 Å². The zero-order chi connectivity index (χ0) is 15.2. The van der Waals surface area contributed by atoms with Crippen LogP contribution in [0.4, 0.5) is 5.69 Å². The van der Waals surface area contributed by atoms with Gasteiger partial charge in [0, 0.05) is 11.0 Å². The van der Waals surface area contributed by atoms with Gasteiger partial charge >= 0.3 is 0 Å². The Kier molecular flexibility index (Phi) is 6.22. The van der Waals surface area contributed by atoms with E-state index >= 15 is 0 Å². The van der Waals surface area contributed by atoms with Crippen LogP contribution in [-0.4, -0.2) is 6.61 Å². The molecule has 21 heavy (non-hydrogen) atoms. The van der Waals surface area contributed by atoms with E-state index in [1.54, 1.807) is 0 Å². The highest BCUT2D eigenvalue weighted by molar-refractivity contribution is 9.10. The molecule has 0 atom stereocenters. The minimum atomic E-state index is 0.515. The number of benzene rings is 2. The van der Waals surface area contributed by atoms with Crippen LogP contribution in [-0.2, 0) is 6.54 Å². The van der Waals surface area contributed by atoms with Gasteiger partial charge in [0.2, 0.25) is 0 Å². The summed E-state index contributed by atoms with van der Waals surface area (Å²) in [5, 5.41) is 4.32. The summed E-state index contributed by atoms with van der Waals surface area (Å²) >= 11 is 15.7. The van der Waals surface area contributed by atoms with Crippen LogP contribution >= 0.6 is 39.1 Å². The van der Waals surface area contributed by atoms with Crippen molar-refractivity contribution in [3.63, 3.8) is 0 Å². The van der Waals surface area contributed by atoms with Gasteiger partial charge in [-0.1, -0.05) is 42.3 Å². The van der Waals surface area contributed by atoms with Crippen LogP contribution in [0.3, 0.4) is 0 Å². The van der Waals surface area contributed by atoms with Gasteiger partial charge in [0.05, 0.1) is 22.3 Å². The predicted octanol–water partition coefficient (Wildman–Crippen LogP) is 6.16. The molecule has 2 rings (SSSR count). The summed E-state index contributed by atoms with van der Waals surface area (Å²) in [5.74, 6) is 0.885. The standard InChI is InChI=1S/C16H16BrCl2NO/c1-2-8-21-12-5-3-4-11(9-12)10-20-14-7-6-13(17)15(18)16(14)19/h3-7,9,20H,2,8,10H2,1H3. The second kappa shape index (κ2) is 7.92. The Labute approximate surface area is 143 Å². The first-order valence-electron chi connectivity index (χ1n) is 6.71. The van der Waals surface area contributed by atoms with Crippen LogP contribution in [0.5, 0.6) is 5.75 Å². The van der Waals surface area contributed by atoms with Gasteiger partial charge in [0.25, 0.3) is 0 Å². The maximum Gasteiger partial charge on any atom is 0.119 e. The molecule has 0 spiro atoms. The monoisotopic (exact) mass is 387 g/mol. The van der Waals surface area contributed by atoms with Crippen LogP contribution in [0.2, 0.25) is 10.0 Å². The fourth-order valence-electron chi connectivity index (χ4n) is 1.82. The molecule has 0 saturated heterocycles. The van der Waals surface area contributed by atoms with Crippen LogP contribution < -0.4 is 10.1 Å². The smallest absolute Gasteiger partial charge is 0.119 e. The highest BCUT2D eigenvalue weighted by Gasteiger charge is 2.08. The zero-order valence-corrected chi connectivity index (χ0v) is 14.7. The van der Waals surface area contributed by atoms with E-state index in [0.717, 1.165) is 34.5 Å². The molecule has 0 aromatic heterocycles. The molecule has 112 valence electrons. The molecule has 0 radical (unpaired) electrons. The van der Waals surface area contributed by atoms with E-state index in [1.807, 2.05) is 36.4 Å². The molecule has 0 amide bonds. The number of ether oxygens (including phenoxy) is 1. The minimum Gasteiger partial charge on any atom is -0.494 e. The molecule has 0 aliphatic heterocycles. The third-order valence-corrected chi connectivity index (χ3v) is 4.66. The minimum absolute atomic E-state index is 0.515. The third-order valence-electron chi connectivity index (χ3n) is 2.89. The average molecular weight is 389 g/mol. The molecule has 1 N–H and O–H groups in total. The second-order valence-electron chi connectivity index (χ2n) is 4.57. The summed E-state index contributed by atoms with van der Waals surface area (Å²) in [4.78, 5) is 0. The third kappa shape index (κ3) is 4.53. The predicted molar refractivity (Wildman–Crippen MR) is 93.7 cm³/mol. The number of halogens is 3. The molecular weight excluding hydrogens is 373 g/mol. The van der Waals surface area contributed by atoms with Crippen molar-refractivity contribution in [2.75, 3.05) is 11.9 Å². The Bertz CT molecular complexity index is 619. The fraction of sp³-hybridized carbons (Fsp3) is 0.250. The first kappa shape index (κ1) is 16.5. The highest BCUT2D eigenvalue weighted by atomic mass is 79.9. The molecule has 0 aliphatic rings. The van der Waals surface area contributed by atoms with Crippen molar-refractivity contribution in [3.8, 4) is 5.75 Å². The van der Waals surface area contributed by atoms with Gasteiger partial charge in [-0.05, 0) is 52.2 Å². The van der Waals surface area contributed by atoms with E-state index in [-0.39, 0.29) is 0 Å². The molecule has 2 nitrogen and oxygen atoms in total. The molecule has 5 heteroatoms. The lowest BCUT2D eigenvalue weighted by atomic mass is 10.2. The summed E-state index contributed by atoms with van der Waals surface area (Å²) in [6, 6.07) is 11.8. The summed E-state index contributed by atoms with van der Waals surface area (Å²) < 4.78 is 6.41. The first-order chi connectivity index (χ1) is 10.1. The molecule has 0 unspecified atom stereocenters. The van der Waals surface area contributed by atoms with Gasteiger partial charge in [-0.2, -0.15) is 0 Å². The number of hydrogen-bond donors (Lipinski definition) is 1. The van der Waals surface area contributed by atoms with Crippen molar-refractivity contribution in [1.29, 1.82) is 0 Å².